The van der Waals surface area contributed by atoms with Crippen molar-refractivity contribution in [2.24, 2.45) is 0 Å². The SMILES string of the molecule is CCOC(=O)c1cc2n(n1)CCCN(C(=O)CNc1cc(C)cc(C)c1)C2. The topological polar surface area (TPSA) is 76.5 Å². The summed E-state index contributed by atoms with van der Waals surface area (Å²) in [5, 5.41) is 7.54. The lowest BCUT2D eigenvalue weighted by atomic mass is 10.1. The Balaban J connectivity index is 1.65. The smallest absolute Gasteiger partial charge is 0.358 e. The average molecular weight is 370 g/mol. The molecule has 3 rings (SSSR count). The van der Waals surface area contributed by atoms with E-state index in [1.54, 1.807) is 17.7 Å². The van der Waals surface area contributed by atoms with Crippen LogP contribution in [0.2, 0.25) is 0 Å². The summed E-state index contributed by atoms with van der Waals surface area (Å²) < 4.78 is 6.82. The summed E-state index contributed by atoms with van der Waals surface area (Å²) in [6, 6.07) is 7.89. The van der Waals surface area contributed by atoms with Crippen molar-refractivity contribution >= 4 is 17.6 Å². The summed E-state index contributed by atoms with van der Waals surface area (Å²) >= 11 is 0. The minimum atomic E-state index is -0.424. The van der Waals surface area contributed by atoms with Crippen LogP contribution in [-0.4, -0.2) is 46.3 Å². The molecular formula is C20H26N4O3. The zero-order chi connectivity index (χ0) is 19.4. The van der Waals surface area contributed by atoms with E-state index in [4.69, 9.17) is 4.74 Å². The van der Waals surface area contributed by atoms with Crippen molar-refractivity contribution < 1.29 is 14.3 Å². The molecule has 0 radical (unpaired) electrons. The second-order valence-electron chi connectivity index (χ2n) is 6.86. The van der Waals surface area contributed by atoms with Gasteiger partial charge in [-0.25, -0.2) is 4.79 Å². The van der Waals surface area contributed by atoms with E-state index < -0.39 is 5.97 Å². The number of rotatable bonds is 5. The molecule has 0 unspecified atom stereocenters. The Morgan fingerprint density at radius 2 is 1.89 bits per heavy atom. The lowest BCUT2D eigenvalue weighted by molar-refractivity contribution is -0.129. The number of amides is 1. The van der Waals surface area contributed by atoms with Gasteiger partial charge in [0.25, 0.3) is 0 Å². The van der Waals surface area contributed by atoms with Crippen molar-refractivity contribution in [3.63, 3.8) is 0 Å². The molecule has 1 aromatic heterocycles. The number of nitrogens with one attached hydrogen (secondary N) is 1. The van der Waals surface area contributed by atoms with Crippen LogP contribution in [0.4, 0.5) is 5.69 Å². The van der Waals surface area contributed by atoms with E-state index >= 15 is 0 Å². The summed E-state index contributed by atoms with van der Waals surface area (Å²) in [7, 11) is 0. The van der Waals surface area contributed by atoms with E-state index in [1.165, 1.54) is 0 Å². The van der Waals surface area contributed by atoms with Gasteiger partial charge in [0, 0.05) is 18.8 Å². The number of aryl methyl sites for hydroxylation is 3. The highest BCUT2D eigenvalue weighted by Gasteiger charge is 2.22. The fraction of sp³-hybridized carbons (Fsp3) is 0.450. The summed E-state index contributed by atoms with van der Waals surface area (Å²) in [6.07, 6.45) is 0.798. The molecule has 0 atom stereocenters. The number of carbonyl (C=O) groups excluding carboxylic acids is 2. The number of aromatic nitrogens is 2. The maximum Gasteiger partial charge on any atom is 0.358 e. The third kappa shape index (κ3) is 4.67. The molecule has 0 spiro atoms. The largest absolute Gasteiger partial charge is 0.461 e. The maximum absolute atomic E-state index is 12.7. The highest BCUT2D eigenvalue weighted by molar-refractivity contribution is 5.87. The Morgan fingerprint density at radius 1 is 1.15 bits per heavy atom. The van der Waals surface area contributed by atoms with Crippen LogP contribution in [0.5, 0.6) is 0 Å². The number of hydrogen-bond acceptors (Lipinski definition) is 5. The molecule has 1 aromatic carbocycles. The summed E-state index contributed by atoms with van der Waals surface area (Å²) in [4.78, 5) is 26.4. The summed E-state index contributed by atoms with van der Waals surface area (Å²) in [5.74, 6) is -0.395. The van der Waals surface area contributed by atoms with E-state index in [0.29, 0.717) is 31.9 Å². The van der Waals surface area contributed by atoms with Gasteiger partial charge >= 0.3 is 5.97 Å². The Labute approximate surface area is 159 Å². The summed E-state index contributed by atoms with van der Waals surface area (Å²) in [6.45, 7) is 8.20. The quantitative estimate of drug-likeness (QED) is 0.819. The predicted octanol–water partition coefficient (Wildman–Crippen LogP) is 2.52. The predicted molar refractivity (Wildman–Crippen MR) is 103 cm³/mol. The minimum absolute atomic E-state index is 0.0292. The van der Waals surface area contributed by atoms with Crippen LogP contribution < -0.4 is 5.32 Å². The second kappa shape index (κ2) is 8.24. The molecule has 7 heteroatoms. The molecule has 7 nitrogen and oxygen atoms in total. The van der Waals surface area contributed by atoms with Gasteiger partial charge in [0.1, 0.15) is 0 Å². The molecule has 1 aliphatic rings. The van der Waals surface area contributed by atoms with Crippen molar-refractivity contribution in [1.82, 2.24) is 14.7 Å². The molecule has 2 heterocycles. The van der Waals surface area contributed by atoms with Crippen LogP contribution in [-0.2, 0) is 22.6 Å². The van der Waals surface area contributed by atoms with E-state index in [-0.39, 0.29) is 12.5 Å². The number of benzene rings is 1. The standard InChI is InChI=1S/C20H26N4O3/c1-4-27-20(26)18-11-17-13-23(6-5-7-24(17)22-18)19(25)12-21-16-9-14(2)8-15(3)10-16/h8-11,21H,4-7,12-13H2,1-3H3. The molecule has 27 heavy (non-hydrogen) atoms. The zero-order valence-corrected chi connectivity index (χ0v) is 16.1. The molecule has 0 bridgehead atoms. The van der Waals surface area contributed by atoms with Crippen LogP contribution in [0, 0.1) is 13.8 Å². The van der Waals surface area contributed by atoms with Crippen molar-refractivity contribution in [1.29, 1.82) is 0 Å². The number of hydrogen-bond donors (Lipinski definition) is 1. The Kier molecular flexibility index (Phi) is 5.78. The Hall–Kier alpha value is -2.83. The number of ether oxygens (including phenoxy) is 1. The first-order chi connectivity index (χ1) is 13.0. The van der Waals surface area contributed by atoms with Gasteiger partial charge in [0.2, 0.25) is 5.91 Å². The first-order valence-corrected chi connectivity index (χ1v) is 9.30. The molecule has 0 fully saturated rings. The number of fused-ring (bicyclic) bond motifs is 1. The normalized spacial score (nSPS) is 13.7. The number of nitrogens with zero attached hydrogens (tertiary/aromatic N) is 3. The molecule has 0 aliphatic carbocycles. The lowest BCUT2D eigenvalue weighted by Crippen LogP contribution is -2.35. The Bertz CT molecular complexity index is 823. The minimum Gasteiger partial charge on any atom is -0.461 e. The number of anilines is 1. The monoisotopic (exact) mass is 370 g/mol. The summed E-state index contributed by atoms with van der Waals surface area (Å²) in [5.41, 5.74) is 4.43. The van der Waals surface area contributed by atoms with Gasteiger partial charge in [-0.15, -0.1) is 0 Å². The lowest BCUT2D eigenvalue weighted by Gasteiger charge is -2.20. The van der Waals surface area contributed by atoms with Gasteiger partial charge in [-0.1, -0.05) is 6.07 Å². The van der Waals surface area contributed by atoms with Crippen molar-refractivity contribution in [3.05, 3.63) is 46.8 Å². The van der Waals surface area contributed by atoms with Gasteiger partial charge in [0.05, 0.1) is 25.4 Å². The number of carbonyl (C=O) groups is 2. The molecule has 144 valence electrons. The number of esters is 1. The van der Waals surface area contributed by atoms with Crippen molar-refractivity contribution in [2.75, 3.05) is 25.0 Å². The molecule has 0 saturated heterocycles. The third-order valence-corrected chi connectivity index (χ3v) is 4.52. The maximum atomic E-state index is 12.7. The highest BCUT2D eigenvalue weighted by Crippen LogP contribution is 2.16. The second-order valence-corrected chi connectivity index (χ2v) is 6.86. The van der Waals surface area contributed by atoms with Gasteiger partial charge in [-0.05, 0) is 56.5 Å². The van der Waals surface area contributed by atoms with Crippen molar-refractivity contribution in [2.45, 2.75) is 40.3 Å². The fourth-order valence-electron chi connectivity index (χ4n) is 3.35. The van der Waals surface area contributed by atoms with Gasteiger partial charge in [-0.3, -0.25) is 9.48 Å². The molecular weight excluding hydrogens is 344 g/mol. The van der Waals surface area contributed by atoms with Gasteiger partial charge in [0.15, 0.2) is 5.69 Å². The van der Waals surface area contributed by atoms with E-state index in [9.17, 15) is 9.59 Å². The average Bonchev–Trinajstić information content (AvgIpc) is 2.91. The highest BCUT2D eigenvalue weighted by atomic mass is 16.5. The van der Waals surface area contributed by atoms with Crippen molar-refractivity contribution in [3.8, 4) is 0 Å². The van der Waals surface area contributed by atoms with E-state index in [0.717, 1.165) is 28.9 Å². The molecule has 1 amide bonds. The molecule has 0 saturated carbocycles. The third-order valence-electron chi connectivity index (χ3n) is 4.52. The van der Waals surface area contributed by atoms with E-state index in [1.807, 2.05) is 30.9 Å². The zero-order valence-electron chi connectivity index (χ0n) is 16.1. The molecule has 1 N–H and O–H groups in total. The molecule has 1 aliphatic heterocycles. The van der Waals surface area contributed by atoms with E-state index in [2.05, 4.69) is 16.5 Å². The first-order valence-electron chi connectivity index (χ1n) is 9.30. The molecule has 2 aromatic rings. The van der Waals surface area contributed by atoms with Crippen LogP contribution in [0.3, 0.4) is 0 Å². The fourth-order valence-corrected chi connectivity index (χ4v) is 3.35. The van der Waals surface area contributed by atoms with Crippen LogP contribution in [0.25, 0.3) is 0 Å². The van der Waals surface area contributed by atoms with Crippen LogP contribution in [0.15, 0.2) is 24.3 Å². The van der Waals surface area contributed by atoms with Crippen LogP contribution in [0.1, 0.15) is 40.7 Å². The Morgan fingerprint density at radius 3 is 2.59 bits per heavy atom. The van der Waals surface area contributed by atoms with Crippen LogP contribution >= 0.6 is 0 Å². The van der Waals surface area contributed by atoms with Gasteiger partial charge < -0.3 is 15.0 Å². The van der Waals surface area contributed by atoms with Gasteiger partial charge in [-0.2, -0.15) is 5.10 Å². The first kappa shape index (κ1) is 18.9.